The SMILES string of the molecule is CCCCCCNC(=NC)NCc1ccc(C)cc1OCCOC. The Bertz CT molecular complexity index is 490. The lowest BCUT2D eigenvalue weighted by molar-refractivity contribution is 0.145. The first-order chi connectivity index (χ1) is 11.7. The van der Waals surface area contributed by atoms with Crippen LogP contribution in [0.2, 0.25) is 0 Å². The fraction of sp³-hybridized carbons (Fsp3) is 0.632. The van der Waals surface area contributed by atoms with Crippen molar-refractivity contribution >= 4 is 5.96 Å². The summed E-state index contributed by atoms with van der Waals surface area (Å²) in [4.78, 5) is 4.28. The van der Waals surface area contributed by atoms with Crippen LogP contribution in [0, 0.1) is 6.92 Å². The van der Waals surface area contributed by atoms with Crippen molar-refractivity contribution in [2.45, 2.75) is 46.1 Å². The van der Waals surface area contributed by atoms with Crippen LogP contribution >= 0.6 is 0 Å². The normalized spacial score (nSPS) is 11.4. The largest absolute Gasteiger partial charge is 0.491 e. The molecule has 2 N–H and O–H groups in total. The van der Waals surface area contributed by atoms with E-state index in [1.165, 1.54) is 31.2 Å². The highest BCUT2D eigenvalue weighted by Crippen LogP contribution is 2.20. The molecule has 1 rings (SSSR count). The first-order valence-corrected chi connectivity index (χ1v) is 8.87. The fourth-order valence-corrected chi connectivity index (χ4v) is 2.34. The van der Waals surface area contributed by atoms with E-state index in [0.717, 1.165) is 23.8 Å². The highest BCUT2D eigenvalue weighted by Gasteiger charge is 2.06. The molecule has 0 aliphatic carbocycles. The van der Waals surface area contributed by atoms with Gasteiger partial charge in [0.1, 0.15) is 12.4 Å². The minimum Gasteiger partial charge on any atom is -0.491 e. The Kier molecular flexibility index (Phi) is 10.7. The van der Waals surface area contributed by atoms with Gasteiger partial charge in [-0.1, -0.05) is 38.3 Å². The Morgan fingerprint density at radius 3 is 2.67 bits per heavy atom. The summed E-state index contributed by atoms with van der Waals surface area (Å²) in [6.07, 6.45) is 4.98. The molecule has 0 aliphatic heterocycles. The monoisotopic (exact) mass is 335 g/mol. The van der Waals surface area contributed by atoms with Crippen molar-refractivity contribution in [1.82, 2.24) is 10.6 Å². The van der Waals surface area contributed by atoms with Crippen LogP contribution in [0.3, 0.4) is 0 Å². The molecule has 1 aromatic rings. The summed E-state index contributed by atoms with van der Waals surface area (Å²) in [5.41, 5.74) is 2.30. The number of hydrogen-bond donors (Lipinski definition) is 2. The van der Waals surface area contributed by atoms with Crippen LogP contribution in [0.25, 0.3) is 0 Å². The number of guanidine groups is 1. The Morgan fingerprint density at radius 2 is 1.96 bits per heavy atom. The van der Waals surface area contributed by atoms with Gasteiger partial charge in [-0.3, -0.25) is 4.99 Å². The van der Waals surface area contributed by atoms with Crippen molar-refractivity contribution in [3.05, 3.63) is 29.3 Å². The van der Waals surface area contributed by atoms with E-state index in [0.29, 0.717) is 19.8 Å². The molecule has 24 heavy (non-hydrogen) atoms. The van der Waals surface area contributed by atoms with Crippen LogP contribution in [0.4, 0.5) is 0 Å². The number of ether oxygens (including phenoxy) is 2. The number of aryl methyl sites for hydroxylation is 1. The molecule has 0 amide bonds. The Morgan fingerprint density at radius 1 is 1.12 bits per heavy atom. The van der Waals surface area contributed by atoms with Crippen molar-refractivity contribution in [1.29, 1.82) is 0 Å². The number of nitrogens with one attached hydrogen (secondary N) is 2. The summed E-state index contributed by atoms with van der Waals surface area (Å²) in [7, 11) is 3.48. The second kappa shape index (κ2) is 12.6. The molecular formula is C19H33N3O2. The molecule has 0 saturated heterocycles. The molecule has 5 nitrogen and oxygen atoms in total. The van der Waals surface area contributed by atoms with Gasteiger partial charge < -0.3 is 20.1 Å². The maximum Gasteiger partial charge on any atom is 0.191 e. The number of hydrogen-bond acceptors (Lipinski definition) is 3. The zero-order valence-electron chi connectivity index (χ0n) is 15.7. The zero-order chi connectivity index (χ0) is 17.6. The van der Waals surface area contributed by atoms with Gasteiger partial charge in [-0.25, -0.2) is 0 Å². The highest BCUT2D eigenvalue weighted by atomic mass is 16.5. The maximum atomic E-state index is 5.82. The predicted octanol–water partition coefficient (Wildman–Crippen LogP) is 3.27. The Labute approximate surface area is 146 Å². The number of aliphatic imine (C=N–C) groups is 1. The lowest BCUT2D eigenvalue weighted by atomic mass is 10.1. The van der Waals surface area contributed by atoms with Gasteiger partial charge in [-0.15, -0.1) is 0 Å². The molecule has 0 fully saturated rings. The van der Waals surface area contributed by atoms with E-state index < -0.39 is 0 Å². The molecule has 5 heteroatoms. The first-order valence-electron chi connectivity index (χ1n) is 8.87. The second-order valence-electron chi connectivity index (χ2n) is 5.87. The van der Waals surface area contributed by atoms with Gasteiger partial charge in [0.05, 0.1) is 6.61 Å². The van der Waals surface area contributed by atoms with Gasteiger partial charge in [0.15, 0.2) is 5.96 Å². The number of unbranched alkanes of at least 4 members (excludes halogenated alkanes) is 3. The van der Waals surface area contributed by atoms with Gasteiger partial charge in [0.25, 0.3) is 0 Å². The molecule has 0 atom stereocenters. The van der Waals surface area contributed by atoms with Crippen LogP contribution in [-0.4, -0.2) is 39.9 Å². The quantitative estimate of drug-likeness (QED) is 0.370. The second-order valence-corrected chi connectivity index (χ2v) is 5.87. The lowest BCUT2D eigenvalue weighted by Gasteiger charge is -2.15. The van der Waals surface area contributed by atoms with Crippen molar-refractivity contribution in [3.8, 4) is 5.75 Å². The topological polar surface area (TPSA) is 54.9 Å². The molecule has 0 aliphatic rings. The van der Waals surface area contributed by atoms with Crippen LogP contribution < -0.4 is 15.4 Å². The summed E-state index contributed by atoms with van der Waals surface area (Å²) in [6.45, 7) is 7.06. The highest BCUT2D eigenvalue weighted by molar-refractivity contribution is 5.79. The van der Waals surface area contributed by atoms with E-state index in [9.17, 15) is 0 Å². The van der Waals surface area contributed by atoms with E-state index in [2.05, 4.69) is 47.7 Å². The molecule has 0 bridgehead atoms. The van der Waals surface area contributed by atoms with E-state index in [1.54, 1.807) is 14.2 Å². The number of benzene rings is 1. The lowest BCUT2D eigenvalue weighted by Crippen LogP contribution is -2.37. The Balaban J connectivity index is 2.48. The molecule has 0 heterocycles. The minimum atomic E-state index is 0.553. The molecule has 0 spiro atoms. The average Bonchev–Trinajstić information content (AvgIpc) is 2.59. The molecular weight excluding hydrogens is 302 g/mol. The maximum absolute atomic E-state index is 5.82. The molecule has 0 saturated carbocycles. The van der Waals surface area contributed by atoms with E-state index in [-0.39, 0.29) is 0 Å². The van der Waals surface area contributed by atoms with Gasteiger partial charge in [-0.05, 0) is 25.0 Å². The smallest absolute Gasteiger partial charge is 0.191 e. The third-order valence-corrected chi connectivity index (χ3v) is 3.76. The summed E-state index contributed by atoms with van der Waals surface area (Å²) < 4.78 is 10.9. The summed E-state index contributed by atoms with van der Waals surface area (Å²) in [5.74, 6) is 1.73. The van der Waals surface area contributed by atoms with E-state index in [1.807, 2.05) is 0 Å². The van der Waals surface area contributed by atoms with Crippen molar-refractivity contribution < 1.29 is 9.47 Å². The molecule has 0 radical (unpaired) electrons. The molecule has 1 aromatic carbocycles. The van der Waals surface area contributed by atoms with Gasteiger partial charge in [-0.2, -0.15) is 0 Å². The van der Waals surface area contributed by atoms with Crippen LogP contribution in [0.5, 0.6) is 5.75 Å². The Hall–Kier alpha value is -1.75. The summed E-state index contributed by atoms with van der Waals surface area (Å²) in [6, 6.07) is 6.26. The van der Waals surface area contributed by atoms with Gasteiger partial charge in [0.2, 0.25) is 0 Å². The molecule has 0 unspecified atom stereocenters. The fourth-order valence-electron chi connectivity index (χ4n) is 2.34. The van der Waals surface area contributed by atoms with Crippen molar-refractivity contribution in [2.24, 2.45) is 4.99 Å². The average molecular weight is 335 g/mol. The van der Waals surface area contributed by atoms with Gasteiger partial charge >= 0.3 is 0 Å². The van der Waals surface area contributed by atoms with Crippen molar-refractivity contribution in [3.63, 3.8) is 0 Å². The van der Waals surface area contributed by atoms with Gasteiger partial charge in [0, 0.05) is 32.8 Å². The number of nitrogens with zero attached hydrogens (tertiary/aromatic N) is 1. The van der Waals surface area contributed by atoms with E-state index in [4.69, 9.17) is 9.47 Å². The van der Waals surface area contributed by atoms with Crippen LogP contribution in [0.1, 0.15) is 43.7 Å². The summed E-state index contributed by atoms with van der Waals surface area (Å²) >= 11 is 0. The third kappa shape index (κ3) is 8.20. The van der Waals surface area contributed by atoms with Crippen molar-refractivity contribution in [2.75, 3.05) is 33.9 Å². The first kappa shape index (κ1) is 20.3. The number of rotatable bonds is 11. The molecule has 136 valence electrons. The van der Waals surface area contributed by atoms with Crippen LogP contribution in [-0.2, 0) is 11.3 Å². The standard InChI is InChI=1S/C19H33N3O2/c1-5-6-7-8-11-21-19(20-3)22-15-17-10-9-16(2)14-18(17)24-13-12-23-4/h9-10,14H,5-8,11-13,15H2,1-4H3,(H2,20,21,22). The molecule has 0 aromatic heterocycles. The predicted molar refractivity (Wildman–Crippen MR) is 101 cm³/mol. The third-order valence-electron chi connectivity index (χ3n) is 3.76. The zero-order valence-corrected chi connectivity index (χ0v) is 15.7. The van der Waals surface area contributed by atoms with Crippen LogP contribution in [0.15, 0.2) is 23.2 Å². The van der Waals surface area contributed by atoms with E-state index >= 15 is 0 Å². The summed E-state index contributed by atoms with van der Waals surface area (Å²) in [5, 5.41) is 6.71. The minimum absolute atomic E-state index is 0.553. The number of methoxy groups -OCH3 is 1.